The number of hydrogen-bond donors (Lipinski definition) is 2. The van der Waals surface area contributed by atoms with E-state index in [2.05, 4.69) is 15.3 Å². The van der Waals surface area contributed by atoms with Gasteiger partial charge in [0.25, 0.3) is 5.56 Å². The molecule has 1 aromatic carbocycles. The summed E-state index contributed by atoms with van der Waals surface area (Å²) in [6.45, 7) is 3.78. The van der Waals surface area contributed by atoms with Gasteiger partial charge in [0.05, 0.1) is 5.69 Å². The molecule has 0 saturated heterocycles. The van der Waals surface area contributed by atoms with E-state index >= 15 is 0 Å². The van der Waals surface area contributed by atoms with E-state index in [9.17, 15) is 4.79 Å². The summed E-state index contributed by atoms with van der Waals surface area (Å²) in [6.07, 6.45) is 2.26. The van der Waals surface area contributed by atoms with Crippen LogP contribution < -0.4 is 10.9 Å². The second kappa shape index (κ2) is 5.36. The van der Waals surface area contributed by atoms with Crippen LogP contribution in [0.25, 0.3) is 0 Å². The molecule has 0 amide bonds. The zero-order chi connectivity index (χ0) is 13.8. The summed E-state index contributed by atoms with van der Waals surface area (Å²) in [5.74, 6) is 0.178. The minimum atomic E-state index is -0.217. The molecule has 0 spiro atoms. The highest BCUT2D eigenvalue weighted by atomic mass is 16.1. The van der Waals surface area contributed by atoms with Gasteiger partial charge in [0.2, 0.25) is 5.95 Å². The molecule has 1 aromatic heterocycles. The van der Waals surface area contributed by atoms with Crippen LogP contribution in [0.1, 0.15) is 22.4 Å². The topological polar surface area (TPSA) is 81.6 Å². The van der Waals surface area contributed by atoms with Crippen molar-refractivity contribution in [2.24, 2.45) is 0 Å². The van der Waals surface area contributed by atoms with Crippen LogP contribution >= 0.6 is 0 Å². The maximum absolute atomic E-state index is 12.0. The molecule has 0 aliphatic heterocycles. The lowest BCUT2D eigenvalue weighted by Gasteiger charge is -2.06. The predicted octanol–water partition coefficient (Wildman–Crippen LogP) is 1.87. The fraction of sp³-hybridized carbons (Fsp3) is 0.214. The summed E-state index contributed by atoms with van der Waals surface area (Å²) in [5, 5.41) is 10.8. The number of nitrogens with zero attached hydrogens (tertiary/aromatic N) is 2. The van der Waals surface area contributed by atoms with Gasteiger partial charge in [-0.15, -0.1) is 0 Å². The Kier molecular flexibility index (Phi) is 3.62. The molecular formula is C14H14N4O. The molecule has 0 aliphatic carbocycles. The van der Waals surface area contributed by atoms with Crippen LogP contribution in [0.15, 0.2) is 29.1 Å². The maximum atomic E-state index is 12.0. The minimum absolute atomic E-state index is 0.178. The summed E-state index contributed by atoms with van der Waals surface area (Å²) in [6, 6.07) is 8.01. The second-order valence-corrected chi connectivity index (χ2v) is 4.38. The first kappa shape index (κ1) is 12.8. The van der Waals surface area contributed by atoms with Gasteiger partial charge < -0.3 is 0 Å². The summed E-state index contributed by atoms with van der Waals surface area (Å²) in [4.78, 5) is 18.7. The Labute approximate surface area is 110 Å². The average molecular weight is 254 g/mol. The molecule has 1 heterocycles. The fourth-order valence-electron chi connectivity index (χ4n) is 1.84. The van der Waals surface area contributed by atoms with Gasteiger partial charge in [0.15, 0.2) is 6.19 Å². The third-order valence-corrected chi connectivity index (χ3v) is 2.90. The van der Waals surface area contributed by atoms with Gasteiger partial charge in [0, 0.05) is 12.0 Å². The maximum Gasteiger partial charge on any atom is 0.256 e. The molecule has 0 fully saturated rings. The first-order chi connectivity index (χ1) is 9.10. The lowest BCUT2D eigenvalue weighted by Crippen LogP contribution is -2.18. The highest BCUT2D eigenvalue weighted by Gasteiger charge is 2.08. The van der Waals surface area contributed by atoms with E-state index in [0.717, 1.165) is 5.56 Å². The van der Waals surface area contributed by atoms with Gasteiger partial charge in [0.1, 0.15) is 0 Å². The van der Waals surface area contributed by atoms with Crippen LogP contribution in [0.4, 0.5) is 5.95 Å². The molecule has 0 saturated carbocycles. The molecule has 0 unspecified atom stereocenters. The quantitative estimate of drug-likeness (QED) is 0.647. The molecule has 2 aromatic rings. The van der Waals surface area contributed by atoms with E-state index in [1.165, 1.54) is 5.56 Å². The van der Waals surface area contributed by atoms with Crippen molar-refractivity contribution in [3.63, 3.8) is 0 Å². The van der Waals surface area contributed by atoms with Crippen LogP contribution in [-0.2, 0) is 6.42 Å². The summed E-state index contributed by atoms with van der Waals surface area (Å²) >= 11 is 0. The van der Waals surface area contributed by atoms with E-state index in [1.54, 1.807) is 13.1 Å². The molecule has 19 heavy (non-hydrogen) atoms. The van der Waals surface area contributed by atoms with E-state index in [1.807, 2.05) is 31.2 Å². The molecular weight excluding hydrogens is 240 g/mol. The number of H-pyrrole nitrogens is 1. The van der Waals surface area contributed by atoms with Gasteiger partial charge in [-0.25, -0.2) is 4.98 Å². The third-order valence-electron chi connectivity index (χ3n) is 2.90. The molecule has 0 atom stereocenters. The molecule has 5 nitrogen and oxygen atoms in total. The first-order valence-corrected chi connectivity index (χ1v) is 5.90. The van der Waals surface area contributed by atoms with Gasteiger partial charge in [-0.3, -0.25) is 15.1 Å². The number of benzene rings is 1. The van der Waals surface area contributed by atoms with Crippen LogP contribution in [-0.4, -0.2) is 9.97 Å². The SMILES string of the molecule is Cc1ccc(Cc2c(C)nc(NC#N)[nH]c2=O)cc1. The Bertz CT molecular complexity index is 680. The summed E-state index contributed by atoms with van der Waals surface area (Å²) < 4.78 is 0. The van der Waals surface area contributed by atoms with Gasteiger partial charge >= 0.3 is 0 Å². The highest BCUT2D eigenvalue weighted by molar-refractivity contribution is 5.35. The Balaban J connectivity index is 2.33. The highest BCUT2D eigenvalue weighted by Crippen LogP contribution is 2.10. The molecule has 2 rings (SSSR count). The number of hydrogen-bond acceptors (Lipinski definition) is 4. The smallest absolute Gasteiger partial charge is 0.256 e. The number of aryl methyl sites for hydroxylation is 2. The zero-order valence-corrected chi connectivity index (χ0v) is 10.8. The molecule has 0 bridgehead atoms. The average Bonchev–Trinajstić information content (AvgIpc) is 2.36. The van der Waals surface area contributed by atoms with Crippen molar-refractivity contribution < 1.29 is 0 Å². The number of aromatic amines is 1. The summed E-state index contributed by atoms with van der Waals surface area (Å²) in [7, 11) is 0. The number of rotatable bonds is 3. The predicted molar refractivity (Wildman–Crippen MR) is 72.8 cm³/mol. The number of nitriles is 1. The Morgan fingerprint density at radius 3 is 2.58 bits per heavy atom. The Hall–Kier alpha value is -2.61. The van der Waals surface area contributed by atoms with E-state index in [-0.39, 0.29) is 11.5 Å². The van der Waals surface area contributed by atoms with Crippen LogP contribution in [0.5, 0.6) is 0 Å². The van der Waals surface area contributed by atoms with E-state index < -0.39 is 0 Å². The van der Waals surface area contributed by atoms with Crippen LogP contribution in [0.2, 0.25) is 0 Å². The number of aromatic nitrogens is 2. The molecule has 5 heteroatoms. The van der Waals surface area contributed by atoms with E-state index in [4.69, 9.17) is 5.26 Å². The number of nitrogens with one attached hydrogen (secondary N) is 2. The Morgan fingerprint density at radius 2 is 2.00 bits per heavy atom. The molecule has 0 radical (unpaired) electrons. The standard InChI is InChI=1S/C14H14N4O/c1-9-3-5-11(6-4-9)7-12-10(2)17-14(16-8-15)18-13(12)19/h3-6H,7H2,1-2H3,(H2,16,17,18,19). The fourth-order valence-corrected chi connectivity index (χ4v) is 1.84. The van der Waals surface area contributed by atoms with Crippen molar-refractivity contribution in [1.29, 1.82) is 5.26 Å². The lowest BCUT2D eigenvalue weighted by atomic mass is 10.0. The molecule has 2 N–H and O–H groups in total. The largest absolute Gasteiger partial charge is 0.292 e. The van der Waals surface area contributed by atoms with Gasteiger partial charge in [-0.05, 0) is 19.4 Å². The van der Waals surface area contributed by atoms with Crippen molar-refractivity contribution in [3.8, 4) is 6.19 Å². The first-order valence-electron chi connectivity index (χ1n) is 5.90. The van der Waals surface area contributed by atoms with Crippen molar-refractivity contribution in [1.82, 2.24) is 9.97 Å². The van der Waals surface area contributed by atoms with Crippen LogP contribution in [0, 0.1) is 25.3 Å². The van der Waals surface area contributed by atoms with Crippen molar-refractivity contribution in [3.05, 3.63) is 57.0 Å². The number of anilines is 1. The molecule has 0 aliphatic rings. The Morgan fingerprint density at radius 1 is 1.32 bits per heavy atom. The van der Waals surface area contributed by atoms with E-state index in [0.29, 0.717) is 17.7 Å². The third kappa shape index (κ3) is 2.99. The van der Waals surface area contributed by atoms with Crippen molar-refractivity contribution in [2.45, 2.75) is 20.3 Å². The van der Waals surface area contributed by atoms with Crippen LogP contribution in [0.3, 0.4) is 0 Å². The zero-order valence-electron chi connectivity index (χ0n) is 10.8. The van der Waals surface area contributed by atoms with Crippen molar-refractivity contribution in [2.75, 3.05) is 5.32 Å². The van der Waals surface area contributed by atoms with Crippen molar-refractivity contribution >= 4 is 5.95 Å². The second-order valence-electron chi connectivity index (χ2n) is 4.38. The molecule has 96 valence electrons. The monoisotopic (exact) mass is 254 g/mol. The normalized spacial score (nSPS) is 9.95. The van der Waals surface area contributed by atoms with Gasteiger partial charge in [-0.1, -0.05) is 29.8 Å². The van der Waals surface area contributed by atoms with Gasteiger partial charge in [-0.2, -0.15) is 5.26 Å². The summed E-state index contributed by atoms with van der Waals surface area (Å²) in [5.41, 5.74) is 3.27. The lowest BCUT2D eigenvalue weighted by molar-refractivity contribution is 0.985. The minimum Gasteiger partial charge on any atom is -0.292 e.